The minimum atomic E-state index is 0.510. The van der Waals surface area contributed by atoms with Crippen LogP contribution in [0, 0.1) is 11.8 Å². The second kappa shape index (κ2) is 4.41. The second-order valence-electron chi connectivity index (χ2n) is 3.40. The average Bonchev–Trinajstić information content (AvgIpc) is 1.84. The second-order valence-corrected chi connectivity index (χ2v) is 3.40. The molecule has 0 aromatic heterocycles. The summed E-state index contributed by atoms with van der Waals surface area (Å²) in [6.45, 7) is 0. The van der Waals surface area contributed by atoms with Crippen molar-refractivity contribution < 1.29 is 0 Å². The third-order valence-corrected chi connectivity index (χ3v) is 2.17. The van der Waals surface area contributed by atoms with Crippen LogP contribution < -0.4 is 0 Å². The van der Waals surface area contributed by atoms with Crippen LogP contribution in [0.2, 0.25) is 0 Å². The lowest BCUT2D eigenvalue weighted by molar-refractivity contribution is 0.327. The van der Waals surface area contributed by atoms with Crippen LogP contribution in [-0.4, -0.2) is 25.0 Å². The van der Waals surface area contributed by atoms with E-state index in [1.165, 1.54) is 25.7 Å². The highest BCUT2D eigenvalue weighted by Crippen LogP contribution is 2.10. The molecule has 0 heterocycles. The number of hydrogen-bond donors (Lipinski definition) is 0. The van der Waals surface area contributed by atoms with Crippen molar-refractivity contribution in [3.05, 3.63) is 0 Å². The van der Waals surface area contributed by atoms with Gasteiger partial charge in [0.15, 0.2) is 0 Å². The van der Waals surface area contributed by atoms with E-state index in [1.54, 1.807) is 0 Å². The van der Waals surface area contributed by atoms with Gasteiger partial charge in [0.05, 0.1) is 6.04 Å². The van der Waals surface area contributed by atoms with Gasteiger partial charge in [-0.2, -0.15) is 0 Å². The molecule has 1 unspecified atom stereocenters. The van der Waals surface area contributed by atoms with Gasteiger partial charge in [-0.05, 0) is 26.9 Å². The van der Waals surface area contributed by atoms with Gasteiger partial charge in [0.1, 0.15) is 0 Å². The van der Waals surface area contributed by atoms with Crippen molar-refractivity contribution in [2.75, 3.05) is 14.1 Å². The Morgan fingerprint density at radius 1 is 1.18 bits per heavy atom. The Morgan fingerprint density at radius 3 is 2.73 bits per heavy atom. The average molecular weight is 151 g/mol. The van der Waals surface area contributed by atoms with E-state index in [0.717, 1.165) is 6.42 Å². The molecule has 1 rings (SSSR count). The Balaban J connectivity index is 2.47. The molecule has 0 aromatic carbocycles. The molecule has 0 amide bonds. The van der Waals surface area contributed by atoms with Crippen LogP contribution in [0.5, 0.6) is 0 Å². The van der Waals surface area contributed by atoms with Gasteiger partial charge in [-0.1, -0.05) is 18.8 Å². The summed E-state index contributed by atoms with van der Waals surface area (Å²) in [6.07, 6.45) is 6.36. The van der Waals surface area contributed by atoms with E-state index >= 15 is 0 Å². The monoisotopic (exact) mass is 151 g/mol. The van der Waals surface area contributed by atoms with Gasteiger partial charge < -0.3 is 0 Å². The number of hydrogen-bond acceptors (Lipinski definition) is 1. The van der Waals surface area contributed by atoms with Crippen molar-refractivity contribution in [1.29, 1.82) is 0 Å². The van der Waals surface area contributed by atoms with Crippen molar-refractivity contribution >= 4 is 0 Å². The molecule has 0 spiro atoms. The lowest BCUT2D eigenvalue weighted by Gasteiger charge is -2.19. The van der Waals surface area contributed by atoms with Crippen LogP contribution in [0.25, 0.3) is 0 Å². The van der Waals surface area contributed by atoms with Gasteiger partial charge in [-0.3, -0.25) is 4.90 Å². The van der Waals surface area contributed by atoms with E-state index in [0.29, 0.717) is 6.04 Å². The van der Waals surface area contributed by atoms with Crippen molar-refractivity contribution in [1.82, 2.24) is 4.90 Å². The van der Waals surface area contributed by atoms with Crippen LogP contribution in [0.4, 0.5) is 0 Å². The van der Waals surface area contributed by atoms with E-state index in [2.05, 4.69) is 30.8 Å². The Bertz CT molecular complexity index is 161. The quantitative estimate of drug-likeness (QED) is 0.517. The standard InChI is InChI=1S/C10H17N/c1-11(2)10-8-6-4-3-5-7-9-10/h10H,3-6,8H2,1-2H3. The van der Waals surface area contributed by atoms with Crippen LogP contribution in [0.15, 0.2) is 0 Å². The summed E-state index contributed by atoms with van der Waals surface area (Å²) in [5.74, 6) is 6.52. The molecule has 11 heavy (non-hydrogen) atoms. The summed E-state index contributed by atoms with van der Waals surface area (Å²) in [4.78, 5) is 2.22. The number of rotatable bonds is 1. The van der Waals surface area contributed by atoms with E-state index in [1.807, 2.05) is 0 Å². The van der Waals surface area contributed by atoms with E-state index in [9.17, 15) is 0 Å². The molecule has 0 saturated heterocycles. The zero-order chi connectivity index (χ0) is 8.10. The van der Waals surface area contributed by atoms with Crippen LogP contribution in [0.3, 0.4) is 0 Å². The lowest BCUT2D eigenvalue weighted by Crippen LogP contribution is -2.26. The van der Waals surface area contributed by atoms with Gasteiger partial charge in [-0.15, -0.1) is 5.92 Å². The third-order valence-electron chi connectivity index (χ3n) is 2.17. The molecule has 0 fully saturated rings. The van der Waals surface area contributed by atoms with Gasteiger partial charge in [0.2, 0.25) is 0 Å². The molecule has 1 nitrogen and oxygen atoms in total. The fourth-order valence-corrected chi connectivity index (χ4v) is 1.38. The molecule has 0 saturated carbocycles. The molecule has 62 valence electrons. The predicted molar refractivity (Wildman–Crippen MR) is 48.3 cm³/mol. The highest BCUT2D eigenvalue weighted by Gasteiger charge is 2.07. The highest BCUT2D eigenvalue weighted by molar-refractivity contribution is 5.08. The lowest BCUT2D eigenvalue weighted by atomic mass is 10.0. The molecular formula is C10H17N. The first-order valence-corrected chi connectivity index (χ1v) is 4.45. The summed E-state index contributed by atoms with van der Waals surface area (Å²) in [5, 5.41) is 0. The summed E-state index contributed by atoms with van der Waals surface area (Å²) in [6, 6.07) is 0.510. The predicted octanol–water partition coefficient (Wildman–Crippen LogP) is 1.88. The fourth-order valence-electron chi connectivity index (χ4n) is 1.38. The first-order valence-electron chi connectivity index (χ1n) is 4.45. The number of nitrogens with zero attached hydrogens (tertiary/aromatic N) is 1. The van der Waals surface area contributed by atoms with Crippen LogP contribution >= 0.6 is 0 Å². The highest BCUT2D eigenvalue weighted by atomic mass is 15.1. The van der Waals surface area contributed by atoms with Gasteiger partial charge >= 0.3 is 0 Å². The van der Waals surface area contributed by atoms with Crippen molar-refractivity contribution in [2.45, 2.75) is 38.1 Å². The molecular weight excluding hydrogens is 134 g/mol. The maximum absolute atomic E-state index is 3.30. The smallest absolute Gasteiger partial charge is 0.0709 e. The minimum absolute atomic E-state index is 0.510. The van der Waals surface area contributed by atoms with Crippen LogP contribution in [0.1, 0.15) is 32.1 Å². The summed E-state index contributed by atoms with van der Waals surface area (Å²) < 4.78 is 0. The van der Waals surface area contributed by atoms with Gasteiger partial charge in [0.25, 0.3) is 0 Å². The SMILES string of the molecule is CN(C)C1C#CCCCCC1. The van der Waals surface area contributed by atoms with Gasteiger partial charge in [0, 0.05) is 6.42 Å². The molecule has 0 aliphatic heterocycles. The molecule has 1 aliphatic rings. The third kappa shape index (κ3) is 2.95. The fraction of sp³-hybridized carbons (Fsp3) is 0.800. The summed E-state index contributed by atoms with van der Waals surface area (Å²) >= 11 is 0. The zero-order valence-electron chi connectivity index (χ0n) is 7.56. The Morgan fingerprint density at radius 2 is 2.00 bits per heavy atom. The molecule has 0 aromatic rings. The normalized spacial score (nSPS) is 25.2. The van der Waals surface area contributed by atoms with E-state index < -0.39 is 0 Å². The Labute approximate surface area is 69.8 Å². The van der Waals surface area contributed by atoms with Crippen molar-refractivity contribution in [2.24, 2.45) is 0 Å². The Hall–Kier alpha value is -0.480. The van der Waals surface area contributed by atoms with Crippen LogP contribution in [-0.2, 0) is 0 Å². The maximum atomic E-state index is 3.30. The summed E-state index contributed by atoms with van der Waals surface area (Å²) in [7, 11) is 4.22. The van der Waals surface area contributed by atoms with Crippen molar-refractivity contribution in [3.63, 3.8) is 0 Å². The topological polar surface area (TPSA) is 3.24 Å². The molecule has 0 bridgehead atoms. The zero-order valence-corrected chi connectivity index (χ0v) is 7.56. The summed E-state index contributed by atoms with van der Waals surface area (Å²) in [5.41, 5.74) is 0. The van der Waals surface area contributed by atoms with Gasteiger partial charge in [-0.25, -0.2) is 0 Å². The first-order chi connectivity index (χ1) is 5.30. The van der Waals surface area contributed by atoms with Crippen molar-refractivity contribution in [3.8, 4) is 11.8 Å². The maximum Gasteiger partial charge on any atom is 0.0709 e. The minimum Gasteiger partial charge on any atom is -0.296 e. The molecule has 0 radical (unpaired) electrons. The molecule has 1 aliphatic carbocycles. The van der Waals surface area contributed by atoms with E-state index in [4.69, 9.17) is 0 Å². The largest absolute Gasteiger partial charge is 0.296 e. The molecule has 1 heteroatoms. The molecule has 1 atom stereocenters. The first kappa shape index (κ1) is 8.62. The Kier molecular flexibility index (Phi) is 3.45. The van der Waals surface area contributed by atoms with E-state index in [-0.39, 0.29) is 0 Å². The molecule has 0 N–H and O–H groups in total.